The minimum absolute atomic E-state index is 0.875. The average molecular weight is 1210 g/mol. The van der Waals surface area contributed by atoms with Crippen LogP contribution in [0.1, 0.15) is 22.8 Å². The van der Waals surface area contributed by atoms with Crippen molar-refractivity contribution < 1.29 is 19.8 Å². The van der Waals surface area contributed by atoms with Crippen LogP contribution in [0.25, 0.3) is 166 Å². The van der Waals surface area contributed by atoms with Crippen molar-refractivity contribution in [2.45, 2.75) is 0 Å². The molecule has 0 aliphatic carbocycles. The van der Waals surface area contributed by atoms with E-state index in [1.165, 1.54) is 90.1 Å². The quantitative estimate of drug-likeness (QED) is 0.173. The van der Waals surface area contributed by atoms with E-state index in [-0.39, 0.29) is 0 Å². The molecule has 15 aromatic rings. The van der Waals surface area contributed by atoms with E-state index in [4.69, 9.17) is 9.97 Å². The first-order valence-electron chi connectivity index (χ1n) is 27.5. The van der Waals surface area contributed by atoms with Gasteiger partial charge in [0.2, 0.25) is 0 Å². The second-order valence-corrected chi connectivity index (χ2v) is 22.2. The van der Waals surface area contributed by atoms with Gasteiger partial charge in [-0.2, -0.15) is 0 Å². The van der Waals surface area contributed by atoms with E-state index in [9.17, 15) is 0 Å². The van der Waals surface area contributed by atoms with Crippen molar-refractivity contribution in [3.8, 4) is 33.4 Å². The number of H-pyrrole nitrogens is 2. The number of nitrogens with zero attached hydrogens (tertiary/aromatic N) is 2. The Morgan fingerprint density at radius 1 is 0.247 bits per heavy atom. The average Bonchev–Trinajstić information content (AvgIpc) is 4.56. The fraction of sp³-hybridized carbons (Fsp3) is 0. The predicted molar refractivity (Wildman–Crippen MR) is 341 cm³/mol. The standard InChI is InChI=1S/C62H38N4.C14H9.Pt/c1-7-19-45-37(13-1)33-38-14-2-8-20-46(38)57(45)60-51-27-25-43(63-51)36-44-26-28-52(64-44)61(58-47-21-9-3-15-39(47)34-40-16-4-10-22-48(40)58)54-30-32-56(66-54)62(55-31-29-53(60)65-55)59-49-23-11-5-17-41(49)35-42-18-6-12-24-50(42)59;1-2-6-12-10-14-8-4-3-7-13(14)9-11(12)5-1;/h1-36,63,66H;1-9H;. The third-order valence-corrected chi connectivity index (χ3v) is 17.5. The summed E-state index contributed by atoms with van der Waals surface area (Å²) < 4.78 is 1.35. The van der Waals surface area contributed by atoms with Crippen LogP contribution in [0.4, 0.5) is 0 Å². The Kier molecular flexibility index (Phi) is 11.1. The van der Waals surface area contributed by atoms with Crippen LogP contribution in [0.2, 0.25) is 0 Å². The number of aromatic nitrogens is 4. The molecule has 0 spiro atoms. The minimum atomic E-state index is 0.875. The van der Waals surface area contributed by atoms with Gasteiger partial charge in [-0.05, 0) is 137 Å². The maximum absolute atomic E-state index is 5.78. The van der Waals surface area contributed by atoms with Crippen molar-refractivity contribution in [3.63, 3.8) is 0 Å². The van der Waals surface area contributed by atoms with Gasteiger partial charge in [-0.3, -0.25) is 0 Å². The molecule has 0 amide bonds. The van der Waals surface area contributed by atoms with Crippen LogP contribution in [0.5, 0.6) is 0 Å². The summed E-state index contributed by atoms with van der Waals surface area (Å²) in [5, 5.41) is 19.5. The van der Waals surface area contributed by atoms with E-state index in [1.807, 2.05) is 0 Å². The molecule has 5 heterocycles. The number of fused-ring (bicyclic) bond motifs is 16. The van der Waals surface area contributed by atoms with Gasteiger partial charge in [-0.15, -0.1) is 0 Å². The number of nitrogens with one attached hydrogen (secondary N) is 2. The van der Waals surface area contributed by atoms with Gasteiger partial charge < -0.3 is 9.97 Å². The number of hydrogen-bond donors (Lipinski definition) is 2. The number of rotatable bonds is 3. The number of aromatic amines is 2. The molecule has 0 saturated carbocycles. The van der Waals surface area contributed by atoms with Crippen LogP contribution in [0.3, 0.4) is 0 Å². The zero-order chi connectivity index (χ0) is 53.5. The molecular formula is C76H47N4Pt. The molecule has 2 aliphatic heterocycles. The second kappa shape index (κ2) is 19.1. The van der Waals surface area contributed by atoms with Crippen LogP contribution < -0.4 is 3.95 Å². The zero-order valence-corrected chi connectivity index (χ0v) is 46.0. The van der Waals surface area contributed by atoms with Crippen LogP contribution in [0.15, 0.2) is 249 Å². The van der Waals surface area contributed by atoms with Gasteiger partial charge in [0.25, 0.3) is 0 Å². The molecule has 0 unspecified atom stereocenters. The first kappa shape index (κ1) is 47.0. The predicted octanol–water partition coefficient (Wildman–Crippen LogP) is 19.7. The summed E-state index contributed by atoms with van der Waals surface area (Å²) in [7, 11) is 0. The van der Waals surface area contributed by atoms with Crippen molar-refractivity contribution in [2.75, 3.05) is 0 Å². The van der Waals surface area contributed by atoms with E-state index in [1.54, 1.807) is 0 Å². The van der Waals surface area contributed by atoms with Gasteiger partial charge in [0.05, 0.1) is 22.8 Å². The van der Waals surface area contributed by atoms with Crippen molar-refractivity contribution in [3.05, 3.63) is 271 Å². The van der Waals surface area contributed by atoms with Crippen LogP contribution in [0, 0.1) is 0 Å². The monoisotopic (exact) mass is 1210 g/mol. The summed E-state index contributed by atoms with van der Waals surface area (Å²) in [6.45, 7) is 0. The van der Waals surface area contributed by atoms with Crippen molar-refractivity contribution >= 4 is 137 Å². The summed E-state index contributed by atoms with van der Waals surface area (Å²) in [5.74, 6) is 0. The molecule has 0 saturated heterocycles. The van der Waals surface area contributed by atoms with Gasteiger partial charge in [0.1, 0.15) is 0 Å². The molecule has 17 rings (SSSR count). The molecule has 8 bridgehead atoms. The maximum atomic E-state index is 5.78. The Labute approximate surface area is 478 Å². The first-order valence-corrected chi connectivity index (χ1v) is 28.6. The molecule has 4 nitrogen and oxygen atoms in total. The molecule has 5 heteroatoms. The SMILES string of the molecule is C1=Cc2nc1cc1ccc([nH]1)c(-c1c3ccccc3cc3ccccc13)c1nc(c(-c3c4ccccc4cc4ccccc34)c3ccc([nH]3)c2-c2c3ccccc3cc3ccccc23)C=C1.[Pt][c]1c2ccccc2cc2ccccc12. The molecule has 0 fully saturated rings. The van der Waals surface area contributed by atoms with E-state index >= 15 is 0 Å². The molecule has 381 valence electrons. The van der Waals surface area contributed by atoms with E-state index < -0.39 is 0 Å². The van der Waals surface area contributed by atoms with E-state index in [2.05, 4.69) is 303 Å². The number of benzene rings is 12. The fourth-order valence-electron chi connectivity index (χ4n) is 12.7. The zero-order valence-electron chi connectivity index (χ0n) is 43.7. The summed E-state index contributed by atoms with van der Waals surface area (Å²) >= 11 is 2.42. The molecule has 81 heavy (non-hydrogen) atoms. The van der Waals surface area contributed by atoms with Crippen LogP contribution >= 0.6 is 0 Å². The molecule has 3 aromatic heterocycles. The molecule has 0 atom stereocenters. The summed E-state index contributed by atoms with van der Waals surface area (Å²) in [6.07, 6.45) is 8.74. The van der Waals surface area contributed by atoms with Crippen molar-refractivity contribution in [1.82, 2.24) is 19.9 Å². The Balaban J connectivity index is 0.000000312. The number of hydrogen-bond acceptors (Lipinski definition) is 2. The van der Waals surface area contributed by atoms with Crippen molar-refractivity contribution in [2.24, 2.45) is 0 Å². The van der Waals surface area contributed by atoms with Crippen molar-refractivity contribution in [1.29, 1.82) is 0 Å². The van der Waals surface area contributed by atoms with Gasteiger partial charge in [-0.1, -0.05) is 146 Å². The van der Waals surface area contributed by atoms with Gasteiger partial charge >= 0.3 is 99.9 Å². The molecule has 12 aromatic carbocycles. The molecule has 0 radical (unpaired) electrons. The second-order valence-electron chi connectivity index (χ2n) is 21.0. The Hall–Kier alpha value is -9.99. The first-order chi connectivity index (χ1) is 40.1. The third kappa shape index (κ3) is 7.93. The van der Waals surface area contributed by atoms with Gasteiger partial charge in [0.15, 0.2) is 0 Å². The van der Waals surface area contributed by atoms with Crippen LogP contribution in [-0.4, -0.2) is 19.9 Å². The Bertz CT molecular complexity index is 5060. The molecule has 2 aliphatic rings. The van der Waals surface area contributed by atoms with E-state index in [0.29, 0.717) is 0 Å². The van der Waals surface area contributed by atoms with Gasteiger partial charge in [-0.25, -0.2) is 9.97 Å². The Morgan fingerprint density at radius 2 is 0.531 bits per heavy atom. The molecule has 2 N–H and O–H groups in total. The summed E-state index contributed by atoms with van der Waals surface area (Å²) in [5.41, 5.74) is 14.0. The normalized spacial score (nSPS) is 12.2. The fourth-order valence-corrected chi connectivity index (χ4v) is 13.7. The van der Waals surface area contributed by atoms with Gasteiger partial charge in [0, 0.05) is 55.4 Å². The molecular weight excluding hydrogens is 1160 g/mol. The van der Waals surface area contributed by atoms with Crippen LogP contribution in [-0.2, 0) is 19.8 Å². The Morgan fingerprint density at radius 3 is 0.901 bits per heavy atom. The third-order valence-electron chi connectivity index (χ3n) is 16.3. The topological polar surface area (TPSA) is 57.4 Å². The summed E-state index contributed by atoms with van der Waals surface area (Å²) in [6, 6.07) is 89.6. The van der Waals surface area contributed by atoms with E-state index in [0.717, 1.165) is 78.2 Å². The summed E-state index contributed by atoms with van der Waals surface area (Å²) in [4.78, 5) is 19.2.